The third-order valence-electron chi connectivity index (χ3n) is 3.18. The Morgan fingerprint density at radius 2 is 2.00 bits per heavy atom. The number of nitrogens with zero attached hydrogens (tertiary/aromatic N) is 1. The summed E-state index contributed by atoms with van der Waals surface area (Å²) >= 11 is 5.27. The third kappa shape index (κ3) is 4.92. The highest BCUT2D eigenvalue weighted by molar-refractivity contribution is 9.10. The zero-order chi connectivity index (χ0) is 12.8. The van der Waals surface area contributed by atoms with Crippen LogP contribution in [0.25, 0.3) is 0 Å². The van der Waals surface area contributed by atoms with Crippen molar-refractivity contribution >= 4 is 27.9 Å². The standard InChI is InChI=1S/C14H21BrN2S/c1-12-9-13(15)11-14(10-12)18-16-5-8-17-6-3-2-4-7-17/h9-11,16H,2-8H2,1H3. The van der Waals surface area contributed by atoms with E-state index in [2.05, 4.69) is 50.7 Å². The van der Waals surface area contributed by atoms with E-state index in [9.17, 15) is 0 Å². The second-order valence-corrected chi connectivity index (χ2v) is 6.74. The second-order valence-electron chi connectivity index (χ2n) is 4.86. The van der Waals surface area contributed by atoms with Gasteiger partial charge >= 0.3 is 0 Å². The Morgan fingerprint density at radius 1 is 1.22 bits per heavy atom. The summed E-state index contributed by atoms with van der Waals surface area (Å²) in [6.45, 7) is 6.91. The van der Waals surface area contributed by atoms with Crippen LogP contribution >= 0.6 is 27.9 Å². The lowest BCUT2D eigenvalue weighted by Crippen LogP contribution is -2.34. The first-order valence-electron chi connectivity index (χ1n) is 6.63. The van der Waals surface area contributed by atoms with Crippen molar-refractivity contribution in [2.24, 2.45) is 0 Å². The molecule has 0 amide bonds. The summed E-state index contributed by atoms with van der Waals surface area (Å²) in [7, 11) is 0. The maximum atomic E-state index is 3.54. The van der Waals surface area contributed by atoms with Crippen molar-refractivity contribution in [3.63, 3.8) is 0 Å². The van der Waals surface area contributed by atoms with Crippen LogP contribution in [0.1, 0.15) is 24.8 Å². The van der Waals surface area contributed by atoms with Crippen LogP contribution in [0.2, 0.25) is 0 Å². The van der Waals surface area contributed by atoms with Crippen molar-refractivity contribution < 1.29 is 0 Å². The molecule has 1 fully saturated rings. The number of piperidine rings is 1. The van der Waals surface area contributed by atoms with Gasteiger partial charge in [-0.15, -0.1) is 0 Å². The fourth-order valence-corrected chi connectivity index (χ4v) is 3.83. The molecule has 1 aromatic rings. The van der Waals surface area contributed by atoms with Crippen LogP contribution in [0, 0.1) is 6.92 Å². The number of rotatable bonds is 5. The molecule has 0 saturated carbocycles. The summed E-state index contributed by atoms with van der Waals surface area (Å²) in [6.07, 6.45) is 4.16. The highest BCUT2D eigenvalue weighted by Crippen LogP contribution is 2.22. The maximum absolute atomic E-state index is 3.54. The fourth-order valence-electron chi connectivity index (χ4n) is 2.28. The average Bonchev–Trinajstić information content (AvgIpc) is 2.35. The zero-order valence-electron chi connectivity index (χ0n) is 10.9. The van der Waals surface area contributed by atoms with E-state index in [1.807, 2.05) is 0 Å². The minimum Gasteiger partial charge on any atom is -0.302 e. The summed E-state index contributed by atoms with van der Waals surface area (Å²) in [4.78, 5) is 3.84. The number of hydrogen-bond donors (Lipinski definition) is 1. The third-order valence-corrected chi connectivity index (χ3v) is 4.46. The average molecular weight is 329 g/mol. The molecule has 0 unspecified atom stereocenters. The Balaban J connectivity index is 1.68. The topological polar surface area (TPSA) is 15.3 Å². The monoisotopic (exact) mass is 328 g/mol. The summed E-state index contributed by atoms with van der Waals surface area (Å²) in [5.74, 6) is 0. The van der Waals surface area contributed by atoms with E-state index in [0.29, 0.717) is 0 Å². The number of hydrogen-bond acceptors (Lipinski definition) is 3. The van der Waals surface area contributed by atoms with Crippen LogP contribution in [0.5, 0.6) is 0 Å². The molecule has 2 nitrogen and oxygen atoms in total. The van der Waals surface area contributed by atoms with Crippen molar-refractivity contribution in [2.45, 2.75) is 31.1 Å². The Kier molecular flexibility index (Phi) is 6.02. The van der Waals surface area contributed by atoms with E-state index in [1.165, 1.54) is 49.4 Å². The van der Waals surface area contributed by atoms with Crippen LogP contribution in [0.4, 0.5) is 0 Å². The lowest BCUT2D eigenvalue weighted by atomic mass is 10.1. The highest BCUT2D eigenvalue weighted by Gasteiger charge is 2.08. The fraction of sp³-hybridized carbons (Fsp3) is 0.571. The van der Waals surface area contributed by atoms with Crippen molar-refractivity contribution in [1.29, 1.82) is 0 Å². The lowest BCUT2D eigenvalue weighted by Gasteiger charge is -2.26. The summed E-state index contributed by atoms with van der Waals surface area (Å²) in [5.41, 5.74) is 1.30. The van der Waals surface area contributed by atoms with Crippen molar-refractivity contribution in [1.82, 2.24) is 9.62 Å². The first-order valence-corrected chi connectivity index (χ1v) is 8.24. The predicted octanol–water partition coefficient (Wildman–Crippen LogP) is 3.84. The van der Waals surface area contributed by atoms with Crippen LogP contribution in [0.15, 0.2) is 27.6 Å². The van der Waals surface area contributed by atoms with Crippen LogP contribution < -0.4 is 4.72 Å². The Morgan fingerprint density at radius 3 is 2.72 bits per heavy atom. The van der Waals surface area contributed by atoms with Gasteiger partial charge in [-0.1, -0.05) is 22.4 Å². The van der Waals surface area contributed by atoms with Gasteiger partial charge in [0.1, 0.15) is 0 Å². The number of nitrogens with one attached hydrogen (secondary N) is 1. The molecule has 100 valence electrons. The Labute approximate surface area is 123 Å². The minimum absolute atomic E-state index is 1.05. The molecule has 1 N–H and O–H groups in total. The van der Waals surface area contributed by atoms with Crippen LogP contribution in [-0.2, 0) is 0 Å². The van der Waals surface area contributed by atoms with Gasteiger partial charge in [-0.05, 0) is 68.6 Å². The van der Waals surface area contributed by atoms with Gasteiger partial charge in [-0.3, -0.25) is 4.72 Å². The predicted molar refractivity (Wildman–Crippen MR) is 83.0 cm³/mol. The van der Waals surface area contributed by atoms with E-state index >= 15 is 0 Å². The van der Waals surface area contributed by atoms with Gasteiger partial charge in [0.15, 0.2) is 0 Å². The molecule has 0 aliphatic carbocycles. The van der Waals surface area contributed by atoms with Crippen LogP contribution in [-0.4, -0.2) is 31.1 Å². The molecule has 0 spiro atoms. The van der Waals surface area contributed by atoms with E-state index in [4.69, 9.17) is 0 Å². The molecule has 0 bridgehead atoms. The molecule has 1 aromatic carbocycles. The SMILES string of the molecule is Cc1cc(Br)cc(SNCCN2CCCCC2)c1. The molecular formula is C14H21BrN2S. The van der Waals surface area contributed by atoms with Gasteiger partial charge in [0.2, 0.25) is 0 Å². The zero-order valence-corrected chi connectivity index (χ0v) is 13.3. The summed E-state index contributed by atoms with van der Waals surface area (Å²) in [5, 5.41) is 0. The lowest BCUT2D eigenvalue weighted by molar-refractivity contribution is 0.233. The second kappa shape index (κ2) is 7.53. The molecule has 1 saturated heterocycles. The first kappa shape index (κ1) is 14.4. The number of aryl methyl sites for hydroxylation is 1. The summed E-state index contributed by atoms with van der Waals surface area (Å²) in [6, 6.07) is 6.51. The van der Waals surface area contributed by atoms with Gasteiger partial charge in [0.05, 0.1) is 0 Å². The van der Waals surface area contributed by atoms with E-state index in [1.54, 1.807) is 11.9 Å². The van der Waals surface area contributed by atoms with E-state index < -0.39 is 0 Å². The van der Waals surface area contributed by atoms with E-state index in [0.717, 1.165) is 11.0 Å². The molecule has 1 aliphatic rings. The minimum atomic E-state index is 1.05. The van der Waals surface area contributed by atoms with Crippen molar-refractivity contribution in [2.75, 3.05) is 26.2 Å². The molecule has 4 heteroatoms. The molecule has 0 aromatic heterocycles. The summed E-state index contributed by atoms with van der Waals surface area (Å²) < 4.78 is 4.61. The molecule has 1 heterocycles. The largest absolute Gasteiger partial charge is 0.302 e. The quantitative estimate of drug-likeness (QED) is 0.653. The van der Waals surface area contributed by atoms with Gasteiger partial charge < -0.3 is 4.90 Å². The normalized spacial score (nSPS) is 17.0. The van der Waals surface area contributed by atoms with Gasteiger partial charge in [0.25, 0.3) is 0 Å². The first-order chi connectivity index (χ1) is 8.74. The number of likely N-dealkylation sites (tertiary alicyclic amines) is 1. The van der Waals surface area contributed by atoms with Crippen LogP contribution in [0.3, 0.4) is 0 Å². The molecule has 2 rings (SSSR count). The molecule has 0 atom stereocenters. The molecule has 1 aliphatic heterocycles. The van der Waals surface area contributed by atoms with E-state index in [-0.39, 0.29) is 0 Å². The molecular weight excluding hydrogens is 308 g/mol. The number of benzene rings is 1. The highest BCUT2D eigenvalue weighted by atomic mass is 79.9. The van der Waals surface area contributed by atoms with Crippen molar-refractivity contribution in [3.05, 3.63) is 28.2 Å². The Hall–Kier alpha value is -0.0300. The van der Waals surface area contributed by atoms with Gasteiger partial charge in [0, 0.05) is 22.5 Å². The Bertz CT molecular complexity index is 358. The maximum Gasteiger partial charge on any atom is 0.0241 e. The van der Waals surface area contributed by atoms with Gasteiger partial charge in [-0.25, -0.2) is 0 Å². The molecule has 18 heavy (non-hydrogen) atoms. The number of halogens is 1. The smallest absolute Gasteiger partial charge is 0.0241 e. The van der Waals surface area contributed by atoms with Crippen molar-refractivity contribution in [3.8, 4) is 0 Å². The van der Waals surface area contributed by atoms with Gasteiger partial charge in [-0.2, -0.15) is 0 Å². The molecule has 0 radical (unpaired) electrons.